The molecular weight excluding hydrogens is 429 g/mol. The minimum atomic E-state index is 0.493. The van der Waals surface area contributed by atoms with Crippen molar-refractivity contribution in [3.05, 3.63) is 45.2 Å². The lowest BCUT2D eigenvalue weighted by Gasteiger charge is -2.23. The SMILES string of the molecule is C#Cc1cc(Cl)c(-c2c(C)nn3c(NCCNC4CCCCC4)cc(C)nc23)c(Cl)c1. The number of rotatable bonds is 6. The molecule has 4 rings (SSSR count). The Kier molecular flexibility index (Phi) is 6.71. The molecule has 0 bridgehead atoms. The molecule has 5 nitrogen and oxygen atoms in total. The first-order valence-electron chi connectivity index (χ1n) is 10.8. The fourth-order valence-electron chi connectivity index (χ4n) is 4.33. The molecule has 1 aromatic carbocycles. The first kappa shape index (κ1) is 22.0. The Bertz CT molecular complexity index is 1120. The number of aryl methyl sites for hydroxylation is 2. The van der Waals surface area contributed by atoms with Gasteiger partial charge in [-0.25, -0.2) is 4.98 Å². The van der Waals surface area contributed by atoms with E-state index >= 15 is 0 Å². The Morgan fingerprint density at radius 3 is 2.45 bits per heavy atom. The molecule has 0 aliphatic heterocycles. The van der Waals surface area contributed by atoms with E-state index in [9.17, 15) is 0 Å². The Morgan fingerprint density at radius 2 is 1.77 bits per heavy atom. The predicted molar refractivity (Wildman–Crippen MR) is 129 cm³/mol. The van der Waals surface area contributed by atoms with Gasteiger partial charge in [-0.15, -0.1) is 6.42 Å². The van der Waals surface area contributed by atoms with E-state index in [1.54, 1.807) is 12.1 Å². The van der Waals surface area contributed by atoms with Crippen molar-refractivity contribution in [1.29, 1.82) is 0 Å². The molecule has 3 aromatic rings. The maximum Gasteiger partial charge on any atom is 0.165 e. The van der Waals surface area contributed by atoms with Gasteiger partial charge in [0.1, 0.15) is 5.82 Å². The maximum absolute atomic E-state index is 6.56. The van der Waals surface area contributed by atoms with Crippen LogP contribution in [-0.4, -0.2) is 33.7 Å². The molecule has 1 saturated carbocycles. The molecule has 0 amide bonds. The lowest BCUT2D eigenvalue weighted by Crippen LogP contribution is -2.34. The van der Waals surface area contributed by atoms with Crippen molar-refractivity contribution in [1.82, 2.24) is 19.9 Å². The quantitative estimate of drug-likeness (QED) is 0.373. The molecule has 1 aliphatic rings. The molecule has 1 aliphatic carbocycles. The molecule has 0 spiro atoms. The van der Waals surface area contributed by atoms with Crippen LogP contribution in [0.25, 0.3) is 16.8 Å². The van der Waals surface area contributed by atoms with E-state index in [4.69, 9.17) is 39.7 Å². The predicted octanol–water partition coefficient (Wildman–Crippen LogP) is 5.64. The zero-order chi connectivity index (χ0) is 22.0. The van der Waals surface area contributed by atoms with Crippen molar-refractivity contribution in [2.24, 2.45) is 0 Å². The molecule has 2 aromatic heterocycles. The van der Waals surface area contributed by atoms with Crippen LogP contribution in [0.4, 0.5) is 5.82 Å². The molecule has 0 radical (unpaired) electrons. The van der Waals surface area contributed by atoms with E-state index in [2.05, 4.69) is 16.6 Å². The Labute approximate surface area is 193 Å². The van der Waals surface area contributed by atoms with Gasteiger partial charge in [0.25, 0.3) is 0 Å². The van der Waals surface area contributed by atoms with Gasteiger partial charge in [0.2, 0.25) is 0 Å². The number of nitrogens with zero attached hydrogens (tertiary/aromatic N) is 3. The van der Waals surface area contributed by atoms with Gasteiger partial charge in [-0.1, -0.05) is 48.4 Å². The summed E-state index contributed by atoms with van der Waals surface area (Å²) in [6, 6.07) is 6.15. The third kappa shape index (κ3) is 4.67. The van der Waals surface area contributed by atoms with Gasteiger partial charge in [-0.3, -0.25) is 0 Å². The molecule has 0 unspecified atom stereocenters. The Balaban J connectivity index is 1.62. The molecule has 162 valence electrons. The first-order chi connectivity index (χ1) is 15.0. The van der Waals surface area contributed by atoms with Crippen molar-refractivity contribution in [3.8, 4) is 23.5 Å². The van der Waals surface area contributed by atoms with Crippen LogP contribution >= 0.6 is 23.2 Å². The monoisotopic (exact) mass is 455 g/mol. The van der Waals surface area contributed by atoms with E-state index < -0.39 is 0 Å². The highest BCUT2D eigenvalue weighted by Gasteiger charge is 2.21. The van der Waals surface area contributed by atoms with Crippen molar-refractivity contribution in [3.63, 3.8) is 0 Å². The Hall–Kier alpha value is -2.26. The van der Waals surface area contributed by atoms with Gasteiger partial charge in [0, 0.05) is 42.0 Å². The maximum atomic E-state index is 6.56. The number of halogens is 2. The lowest BCUT2D eigenvalue weighted by atomic mass is 9.95. The molecule has 31 heavy (non-hydrogen) atoms. The molecule has 7 heteroatoms. The molecular formula is C24H27Cl2N5. The van der Waals surface area contributed by atoms with Gasteiger partial charge in [0.05, 0.1) is 21.3 Å². The van der Waals surface area contributed by atoms with E-state index in [-0.39, 0.29) is 0 Å². The second kappa shape index (κ2) is 9.48. The van der Waals surface area contributed by atoms with Gasteiger partial charge in [-0.05, 0) is 38.8 Å². The van der Waals surface area contributed by atoms with E-state index in [1.165, 1.54) is 32.1 Å². The van der Waals surface area contributed by atoms with Crippen molar-refractivity contribution < 1.29 is 0 Å². The van der Waals surface area contributed by atoms with Gasteiger partial charge in [-0.2, -0.15) is 9.61 Å². The second-order valence-electron chi connectivity index (χ2n) is 8.15. The van der Waals surface area contributed by atoms with E-state index in [0.29, 0.717) is 27.2 Å². The summed E-state index contributed by atoms with van der Waals surface area (Å²) in [6.45, 7) is 5.63. The first-order valence-corrected chi connectivity index (χ1v) is 11.5. The van der Waals surface area contributed by atoms with Crippen LogP contribution < -0.4 is 10.6 Å². The number of anilines is 1. The van der Waals surface area contributed by atoms with E-state index in [1.807, 2.05) is 24.4 Å². The number of aromatic nitrogens is 3. The van der Waals surface area contributed by atoms with Crippen LogP contribution in [0.2, 0.25) is 10.0 Å². The summed E-state index contributed by atoms with van der Waals surface area (Å²) in [5, 5.41) is 12.9. The third-order valence-electron chi connectivity index (χ3n) is 5.82. The number of nitrogens with one attached hydrogen (secondary N) is 2. The van der Waals surface area contributed by atoms with E-state index in [0.717, 1.165) is 41.5 Å². The second-order valence-corrected chi connectivity index (χ2v) is 8.97. The average molecular weight is 456 g/mol. The fourth-order valence-corrected chi connectivity index (χ4v) is 5.01. The Morgan fingerprint density at radius 1 is 1.06 bits per heavy atom. The summed E-state index contributed by atoms with van der Waals surface area (Å²) in [7, 11) is 0. The minimum Gasteiger partial charge on any atom is -0.369 e. The number of benzene rings is 1. The largest absolute Gasteiger partial charge is 0.369 e. The summed E-state index contributed by atoms with van der Waals surface area (Å²) in [5.74, 6) is 3.48. The van der Waals surface area contributed by atoms with Crippen LogP contribution in [0.15, 0.2) is 18.2 Å². The van der Waals surface area contributed by atoms with Crippen LogP contribution in [0.1, 0.15) is 49.1 Å². The standard InChI is InChI=1S/C24H27Cl2N5/c1-4-17-13-19(25)23(20(26)14-17)22-16(3)30-31-21(12-15(2)29-24(22)31)28-11-10-27-18-8-6-5-7-9-18/h1,12-14,18,27-28H,5-11H2,2-3H3. The van der Waals surface area contributed by atoms with Gasteiger partial charge >= 0.3 is 0 Å². The number of terminal acetylenes is 1. The van der Waals surface area contributed by atoms with Gasteiger partial charge in [0.15, 0.2) is 5.65 Å². The summed E-state index contributed by atoms with van der Waals surface area (Å²) in [4.78, 5) is 4.75. The summed E-state index contributed by atoms with van der Waals surface area (Å²) < 4.78 is 1.83. The van der Waals surface area contributed by atoms with Crippen molar-refractivity contribution in [2.75, 3.05) is 18.4 Å². The fraction of sp³-hybridized carbons (Fsp3) is 0.417. The number of hydrogen-bond acceptors (Lipinski definition) is 4. The average Bonchev–Trinajstić information content (AvgIpc) is 3.07. The summed E-state index contributed by atoms with van der Waals surface area (Å²) >= 11 is 13.1. The zero-order valence-electron chi connectivity index (χ0n) is 17.9. The highest BCUT2D eigenvalue weighted by molar-refractivity contribution is 6.39. The van der Waals surface area contributed by atoms with Crippen LogP contribution in [0, 0.1) is 26.2 Å². The molecule has 2 N–H and O–H groups in total. The normalized spacial score (nSPS) is 14.7. The summed E-state index contributed by atoms with van der Waals surface area (Å²) in [5.41, 5.74) is 4.59. The third-order valence-corrected chi connectivity index (χ3v) is 6.42. The smallest absolute Gasteiger partial charge is 0.165 e. The lowest BCUT2D eigenvalue weighted by molar-refractivity contribution is 0.378. The van der Waals surface area contributed by atoms with Crippen LogP contribution in [0.5, 0.6) is 0 Å². The highest BCUT2D eigenvalue weighted by atomic mass is 35.5. The molecule has 2 heterocycles. The summed E-state index contributed by atoms with van der Waals surface area (Å²) in [6.07, 6.45) is 12.1. The number of fused-ring (bicyclic) bond motifs is 1. The zero-order valence-corrected chi connectivity index (χ0v) is 19.4. The van der Waals surface area contributed by atoms with Crippen LogP contribution in [-0.2, 0) is 0 Å². The van der Waals surface area contributed by atoms with Crippen LogP contribution in [0.3, 0.4) is 0 Å². The van der Waals surface area contributed by atoms with Crippen molar-refractivity contribution >= 4 is 34.7 Å². The van der Waals surface area contributed by atoms with Crippen molar-refractivity contribution in [2.45, 2.75) is 52.0 Å². The number of hydrogen-bond donors (Lipinski definition) is 2. The molecule has 1 fully saturated rings. The molecule has 0 saturated heterocycles. The van der Waals surface area contributed by atoms with Gasteiger partial charge < -0.3 is 10.6 Å². The topological polar surface area (TPSA) is 54.2 Å². The minimum absolute atomic E-state index is 0.493. The molecule has 0 atom stereocenters. The highest BCUT2D eigenvalue weighted by Crippen LogP contribution is 2.39.